The van der Waals surface area contributed by atoms with E-state index >= 15 is 0 Å². The summed E-state index contributed by atoms with van der Waals surface area (Å²) < 4.78 is 4.64. The minimum Gasteiger partial charge on any atom is -0.467 e. The summed E-state index contributed by atoms with van der Waals surface area (Å²) in [5.74, 6) is -0.595. The lowest BCUT2D eigenvalue weighted by atomic mass is 9.96. The topological polar surface area (TPSA) is 67.4 Å². The van der Waals surface area contributed by atoms with Gasteiger partial charge in [-0.1, -0.05) is 0 Å². The van der Waals surface area contributed by atoms with Gasteiger partial charge in [0.05, 0.1) is 12.6 Å². The monoisotopic (exact) mass is 228 g/mol. The van der Waals surface area contributed by atoms with Crippen molar-refractivity contribution in [1.82, 2.24) is 10.6 Å². The summed E-state index contributed by atoms with van der Waals surface area (Å²) in [4.78, 5) is 23.5. The molecule has 5 nitrogen and oxygen atoms in total. The molecule has 1 heterocycles. The van der Waals surface area contributed by atoms with Gasteiger partial charge in [-0.15, -0.1) is 0 Å². The molecule has 0 aromatic carbocycles. The van der Waals surface area contributed by atoms with Crippen molar-refractivity contribution >= 4 is 11.9 Å². The Morgan fingerprint density at radius 3 is 2.50 bits per heavy atom. The van der Waals surface area contributed by atoms with Crippen molar-refractivity contribution in [1.29, 1.82) is 0 Å². The van der Waals surface area contributed by atoms with Crippen LogP contribution in [0.1, 0.15) is 33.6 Å². The van der Waals surface area contributed by atoms with Gasteiger partial charge in [0, 0.05) is 0 Å². The van der Waals surface area contributed by atoms with Crippen LogP contribution in [0.3, 0.4) is 0 Å². The number of ether oxygens (including phenoxy) is 1. The normalized spacial score (nSPS) is 25.2. The van der Waals surface area contributed by atoms with E-state index < -0.39 is 17.0 Å². The molecule has 92 valence electrons. The Morgan fingerprint density at radius 1 is 1.44 bits per heavy atom. The van der Waals surface area contributed by atoms with Crippen LogP contribution in [-0.2, 0) is 14.3 Å². The number of carbonyl (C=O) groups excluding carboxylic acids is 2. The van der Waals surface area contributed by atoms with Gasteiger partial charge in [-0.25, -0.2) is 4.79 Å². The molecular weight excluding hydrogens is 208 g/mol. The highest BCUT2D eigenvalue weighted by Crippen LogP contribution is 2.20. The van der Waals surface area contributed by atoms with Gasteiger partial charge in [-0.3, -0.25) is 4.79 Å². The van der Waals surface area contributed by atoms with Crippen molar-refractivity contribution < 1.29 is 14.3 Å². The average molecular weight is 228 g/mol. The van der Waals surface area contributed by atoms with E-state index in [4.69, 9.17) is 0 Å². The molecule has 16 heavy (non-hydrogen) atoms. The highest BCUT2D eigenvalue weighted by atomic mass is 16.5. The van der Waals surface area contributed by atoms with Crippen molar-refractivity contribution in [3.05, 3.63) is 0 Å². The van der Waals surface area contributed by atoms with E-state index in [1.807, 2.05) is 6.92 Å². The van der Waals surface area contributed by atoms with Gasteiger partial charge in [0.15, 0.2) is 0 Å². The zero-order valence-electron chi connectivity index (χ0n) is 10.3. The van der Waals surface area contributed by atoms with E-state index in [0.717, 1.165) is 19.4 Å². The maximum absolute atomic E-state index is 12.0. The van der Waals surface area contributed by atoms with Crippen LogP contribution in [0.5, 0.6) is 0 Å². The molecule has 1 aliphatic heterocycles. The second-order valence-electron chi connectivity index (χ2n) is 4.93. The number of amides is 1. The van der Waals surface area contributed by atoms with Crippen LogP contribution in [0, 0.1) is 0 Å². The third-order valence-electron chi connectivity index (χ3n) is 2.99. The molecule has 0 radical (unpaired) electrons. The first kappa shape index (κ1) is 13.0. The van der Waals surface area contributed by atoms with Gasteiger partial charge in [-0.2, -0.15) is 0 Å². The Morgan fingerprint density at radius 2 is 2.06 bits per heavy atom. The molecule has 1 rings (SSSR count). The standard InChI is InChI=1S/C11H20N2O3/c1-10(2,9(15)16-4)13-8(14)11(3)6-5-7-12-11/h12H,5-7H2,1-4H3,(H,13,14). The third kappa shape index (κ3) is 2.52. The summed E-state index contributed by atoms with van der Waals surface area (Å²) in [5, 5.41) is 5.86. The minimum absolute atomic E-state index is 0.152. The minimum atomic E-state index is -0.987. The summed E-state index contributed by atoms with van der Waals surface area (Å²) in [7, 11) is 1.31. The van der Waals surface area contributed by atoms with Crippen molar-refractivity contribution in [2.24, 2.45) is 0 Å². The molecule has 0 saturated carbocycles. The van der Waals surface area contributed by atoms with Crippen LogP contribution in [0.25, 0.3) is 0 Å². The van der Waals surface area contributed by atoms with E-state index in [9.17, 15) is 9.59 Å². The molecule has 1 fully saturated rings. The Kier molecular flexibility index (Phi) is 3.57. The lowest BCUT2D eigenvalue weighted by Gasteiger charge is -2.30. The molecule has 0 aromatic heterocycles. The zero-order valence-corrected chi connectivity index (χ0v) is 10.3. The first-order valence-electron chi connectivity index (χ1n) is 5.48. The summed E-state index contributed by atoms with van der Waals surface area (Å²) in [6, 6.07) is 0. The number of esters is 1. The number of rotatable bonds is 3. The van der Waals surface area contributed by atoms with E-state index in [1.54, 1.807) is 13.8 Å². The molecule has 0 bridgehead atoms. The summed E-state index contributed by atoms with van der Waals surface area (Å²) >= 11 is 0. The van der Waals surface area contributed by atoms with Crippen LogP contribution in [0.4, 0.5) is 0 Å². The van der Waals surface area contributed by atoms with Crippen LogP contribution >= 0.6 is 0 Å². The predicted molar refractivity (Wildman–Crippen MR) is 59.9 cm³/mol. The largest absolute Gasteiger partial charge is 0.467 e. The van der Waals surface area contributed by atoms with Gasteiger partial charge >= 0.3 is 5.97 Å². The maximum atomic E-state index is 12.0. The van der Waals surface area contributed by atoms with Crippen molar-refractivity contribution in [3.8, 4) is 0 Å². The molecule has 2 N–H and O–H groups in total. The van der Waals surface area contributed by atoms with Crippen molar-refractivity contribution in [3.63, 3.8) is 0 Å². The summed E-state index contributed by atoms with van der Waals surface area (Å²) in [5.41, 5.74) is -1.55. The number of hydrogen-bond donors (Lipinski definition) is 2. The van der Waals surface area contributed by atoms with Crippen molar-refractivity contribution in [2.45, 2.75) is 44.7 Å². The second kappa shape index (κ2) is 4.41. The number of methoxy groups -OCH3 is 1. The Balaban J connectivity index is 2.66. The zero-order chi connectivity index (χ0) is 12.4. The fraction of sp³-hybridized carbons (Fsp3) is 0.818. The van der Waals surface area contributed by atoms with E-state index in [2.05, 4.69) is 15.4 Å². The highest BCUT2D eigenvalue weighted by molar-refractivity contribution is 5.92. The summed E-state index contributed by atoms with van der Waals surface area (Å²) in [6.07, 6.45) is 1.76. The molecular formula is C11H20N2O3. The fourth-order valence-corrected chi connectivity index (χ4v) is 1.82. The van der Waals surface area contributed by atoms with E-state index in [-0.39, 0.29) is 5.91 Å². The third-order valence-corrected chi connectivity index (χ3v) is 2.99. The smallest absolute Gasteiger partial charge is 0.330 e. The van der Waals surface area contributed by atoms with E-state index in [1.165, 1.54) is 7.11 Å². The summed E-state index contributed by atoms with van der Waals surface area (Å²) in [6.45, 7) is 5.95. The van der Waals surface area contributed by atoms with Gasteiger partial charge < -0.3 is 15.4 Å². The lowest BCUT2D eigenvalue weighted by molar-refractivity contribution is -0.150. The van der Waals surface area contributed by atoms with Crippen LogP contribution < -0.4 is 10.6 Å². The number of hydrogen-bond acceptors (Lipinski definition) is 4. The number of nitrogens with one attached hydrogen (secondary N) is 2. The molecule has 0 aromatic rings. The molecule has 1 atom stereocenters. The van der Waals surface area contributed by atoms with Gasteiger partial charge in [0.1, 0.15) is 5.54 Å². The predicted octanol–water partition coefficient (Wildman–Crippen LogP) is 0.196. The Hall–Kier alpha value is -1.10. The van der Waals surface area contributed by atoms with E-state index in [0.29, 0.717) is 0 Å². The van der Waals surface area contributed by atoms with Gasteiger partial charge in [0.2, 0.25) is 5.91 Å². The number of carbonyl (C=O) groups is 2. The van der Waals surface area contributed by atoms with Crippen LogP contribution in [0.15, 0.2) is 0 Å². The van der Waals surface area contributed by atoms with Gasteiger partial charge in [0.25, 0.3) is 0 Å². The fourth-order valence-electron chi connectivity index (χ4n) is 1.82. The Bertz CT molecular complexity index is 294. The highest BCUT2D eigenvalue weighted by Gasteiger charge is 2.40. The molecule has 1 aliphatic rings. The molecule has 1 saturated heterocycles. The maximum Gasteiger partial charge on any atom is 0.330 e. The first-order chi connectivity index (χ1) is 7.32. The van der Waals surface area contributed by atoms with Crippen LogP contribution in [-0.4, -0.2) is 36.6 Å². The first-order valence-corrected chi connectivity index (χ1v) is 5.48. The average Bonchev–Trinajstić information content (AvgIpc) is 2.64. The molecule has 1 unspecified atom stereocenters. The Labute approximate surface area is 95.9 Å². The SMILES string of the molecule is COC(=O)C(C)(C)NC(=O)C1(C)CCCN1. The van der Waals surface area contributed by atoms with Crippen molar-refractivity contribution in [2.75, 3.05) is 13.7 Å². The quantitative estimate of drug-likeness (QED) is 0.677. The molecule has 0 spiro atoms. The molecule has 1 amide bonds. The lowest BCUT2D eigenvalue weighted by Crippen LogP contribution is -2.59. The molecule has 0 aliphatic carbocycles. The van der Waals surface area contributed by atoms with Crippen LogP contribution in [0.2, 0.25) is 0 Å². The van der Waals surface area contributed by atoms with Gasteiger partial charge in [-0.05, 0) is 40.2 Å². The molecule has 5 heteroatoms. The second-order valence-corrected chi connectivity index (χ2v) is 4.93.